The molecular weight excluding hydrogens is 394 g/mol. The van der Waals surface area contributed by atoms with Gasteiger partial charge in [0.1, 0.15) is 0 Å². The maximum absolute atomic E-state index is 12.5. The molecule has 0 atom stereocenters. The van der Waals surface area contributed by atoms with E-state index in [-0.39, 0.29) is 17.9 Å². The van der Waals surface area contributed by atoms with Gasteiger partial charge in [0, 0.05) is 22.1 Å². The van der Waals surface area contributed by atoms with Gasteiger partial charge < -0.3 is 14.4 Å². The van der Waals surface area contributed by atoms with E-state index in [9.17, 15) is 4.79 Å². The number of hydrogen-bond donors (Lipinski definition) is 1. The number of aromatic nitrogens is 4. The Hall–Kier alpha value is -3.81. The molecule has 0 aliphatic carbocycles. The van der Waals surface area contributed by atoms with Crippen LogP contribution in [0.15, 0.2) is 57.6 Å². The van der Waals surface area contributed by atoms with Crippen LogP contribution in [0, 0.1) is 6.92 Å². The van der Waals surface area contributed by atoms with Crippen LogP contribution < -0.4 is 5.32 Å². The Bertz CT molecular complexity index is 1190. The van der Waals surface area contributed by atoms with Crippen molar-refractivity contribution in [2.75, 3.05) is 0 Å². The van der Waals surface area contributed by atoms with Gasteiger partial charge in [0.15, 0.2) is 5.82 Å². The zero-order valence-corrected chi connectivity index (χ0v) is 17.8. The molecule has 31 heavy (non-hydrogen) atoms. The molecule has 0 aliphatic rings. The van der Waals surface area contributed by atoms with Gasteiger partial charge in [0.05, 0.1) is 6.54 Å². The molecule has 2 aromatic heterocycles. The van der Waals surface area contributed by atoms with Gasteiger partial charge in [-0.1, -0.05) is 60.9 Å². The number of amides is 1. The maximum Gasteiger partial charge on any atom is 0.257 e. The quantitative estimate of drug-likeness (QED) is 0.515. The first-order valence-electron chi connectivity index (χ1n) is 9.92. The molecule has 1 amide bonds. The summed E-state index contributed by atoms with van der Waals surface area (Å²) in [6, 6.07) is 14.8. The van der Waals surface area contributed by atoms with Crippen molar-refractivity contribution in [1.82, 2.24) is 25.6 Å². The number of nitrogens with zero attached hydrogens (tertiary/aromatic N) is 4. The summed E-state index contributed by atoms with van der Waals surface area (Å²) in [4.78, 5) is 21.2. The summed E-state index contributed by atoms with van der Waals surface area (Å²) in [7, 11) is 0. The van der Waals surface area contributed by atoms with E-state index >= 15 is 0 Å². The normalized spacial score (nSPS) is 11.5. The van der Waals surface area contributed by atoms with Gasteiger partial charge in [-0.2, -0.15) is 9.97 Å². The average Bonchev–Trinajstić information content (AvgIpc) is 3.43. The van der Waals surface area contributed by atoms with Crippen molar-refractivity contribution in [2.24, 2.45) is 0 Å². The molecule has 4 rings (SSSR count). The SMILES string of the molecule is Cc1ccc(-c2nc(CNC(=O)c3ccc(-c4noc(C(C)(C)C)n4)cc3)no2)cc1. The van der Waals surface area contributed by atoms with Gasteiger partial charge in [-0.15, -0.1) is 0 Å². The minimum absolute atomic E-state index is 0.162. The first-order chi connectivity index (χ1) is 14.8. The molecule has 0 saturated carbocycles. The number of hydrogen-bond acceptors (Lipinski definition) is 7. The number of carbonyl (C=O) groups is 1. The molecule has 8 heteroatoms. The van der Waals surface area contributed by atoms with Gasteiger partial charge in [-0.05, 0) is 31.2 Å². The first kappa shape index (κ1) is 20.5. The summed E-state index contributed by atoms with van der Waals surface area (Å²) >= 11 is 0. The topological polar surface area (TPSA) is 107 Å². The van der Waals surface area contributed by atoms with E-state index in [0.29, 0.717) is 29.0 Å². The van der Waals surface area contributed by atoms with Crippen LogP contribution in [0.25, 0.3) is 22.8 Å². The van der Waals surface area contributed by atoms with E-state index in [1.54, 1.807) is 24.3 Å². The van der Waals surface area contributed by atoms with Crippen LogP contribution in [0.4, 0.5) is 0 Å². The number of aryl methyl sites for hydroxylation is 1. The standard InChI is InChI=1S/C23H23N5O3/c1-14-5-7-17(8-6-14)21-25-18(27-30-21)13-24-20(29)16-11-9-15(10-12-16)19-26-22(31-28-19)23(2,3)4/h5-12H,13H2,1-4H3,(H,24,29). The van der Waals surface area contributed by atoms with Gasteiger partial charge >= 0.3 is 0 Å². The van der Waals surface area contributed by atoms with Crippen molar-refractivity contribution in [1.29, 1.82) is 0 Å². The second-order valence-electron chi connectivity index (χ2n) is 8.31. The molecule has 8 nitrogen and oxygen atoms in total. The zero-order valence-electron chi connectivity index (χ0n) is 17.8. The van der Waals surface area contributed by atoms with Crippen molar-refractivity contribution in [3.63, 3.8) is 0 Å². The first-order valence-corrected chi connectivity index (χ1v) is 9.92. The Balaban J connectivity index is 1.38. The molecule has 4 aromatic rings. The fourth-order valence-electron chi connectivity index (χ4n) is 2.82. The second-order valence-corrected chi connectivity index (χ2v) is 8.31. The monoisotopic (exact) mass is 417 g/mol. The number of carbonyl (C=O) groups excluding carboxylic acids is 1. The molecular formula is C23H23N5O3. The third-order valence-corrected chi connectivity index (χ3v) is 4.65. The van der Waals surface area contributed by atoms with Crippen LogP contribution in [0.3, 0.4) is 0 Å². The van der Waals surface area contributed by atoms with Crippen molar-refractivity contribution in [3.05, 3.63) is 71.4 Å². The largest absolute Gasteiger partial charge is 0.345 e. The van der Waals surface area contributed by atoms with Crippen LogP contribution in [0.1, 0.15) is 48.4 Å². The Morgan fingerprint density at radius 3 is 2.23 bits per heavy atom. The van der Waals surface area contributed by atoms with Gasteiger partial charge in [-0.25, -0.2) is 0 Å². The van der Waals surface area contributed by atoms with E-state index in [4.69, 9.17) is 9.05 Å². The van der Waals surface area contributed by atoms with Crippen molar-refractivity contribution in [2.45, 2.75) is 39.7 Å². The molecule has 2 heterocycles. The molecule has 2 aromatic carbocycles. The smallest absolute Gasteiger partial charge is 0.257 e. The Labute approximate surface area is 179 Å². The lowest BCUT2D eigenvalue weighted by atomic mass is 9.97. The zero-order chi connectivity index (χ0) is 22.0. The third-order valence-electron chi connectivity index (χ3n) is 4.65. The van der Waals surface area contributed by atoms with Crippen LogP contribution in [0.2, 0.25) is 0 Å². The molecule has 0 aliphatic heterocycles. The summed E-state index contributed by atoms with van der Waals surface area (Å²) in [5.74, 6) is 1.64. The Morgan fingerprint density at radius 2 is 1.58 bits per heavy atom. The van der Waals surface area contributed by atoms with Gasteiger partial charge in [0.2, 0.25) is 11.7 Å². The molecule has 0 spiro atoms. The van der Waals surface area contributed by atoms with Crippen LogP contribution in [0.5, 0.6) is 0 Å². The molecule has 158 valence electrons. The predicted octanol–water partition coefficient (Wildman–Crippen LogP) is 4.32. The number of nitrogens with one attached hydrogen (secondary N) is 1. The summed E-state index contributed by atoms with van der Waals surface area (Å²) in [6.45, 7) is 8.19. The Kier molecular flexibility index (Phi) is 5.37. The predicted molar refractivity (Wildman–Crippen MR) is 114 cm³/mol. The van der Waals surface area contributed by atoms with Gasteiger partial charge in [0.25, 0.3) is 11.8 Å². The molecule has 0 saturated heterocycles. The Morgan fingerprint density at radius 1 is 0.903 bits per heavy atom. The summed E-state index contributed by atoms with van der Waals surface area (Å²) in [5.41, 5.74) is 3.04. The lowest BCUT2D eigenvalue weighted by molar-refractivity contribution is 0.0949. The lowest BCUT2D eigenvalue weighted by Crippen LogP contribution is -2.23. The fourth-order valence-corrected chi connectivity index (χ4v) is 2.82. The molecule has 0 bridgehead atoms. The highest BCUT2D eigenvalue weighted by Gasteiger charge is 2.22. The highest BCUT2D eigenvalue weighted by atomic mass is 16.5. The minimum Gasteiger partial charge on any atom is -0.345 e. The average molecular weight is 417 g/mol. The van der Waals surface area contributed by atoms with Crippen molar-refractivity contribution < 1.29 is 13.8 Å². The summed E-state index contributed by atoms with van der Waals surface area (Å²) < 4.78 is 10.6. The van der Waals surface area contributed by atoms with E-state index < -0.39 is 0 Å². The van der Waals surface area contributed by atoms with Crippen LogP contribution in [-0.2, 0) is 12.0 Å². The van der Waals surface area contributed by atoms with E-state index in [1.165, 1.54) is 0 Å². The molecule has 0 fully saturated rings. The lowest BCUT2D eigenvalue weighted by Gasteiger charge is -2.10. The van der Waals surface area contributed by atoms with Gasteiger partial charge in [-0.3, -0.25) is 4.79 Å². The summed E-state index contributed by atoms with van der Waals surface area (Å²) in [6.07, 6.45) is 0. The second kappa shape index (κ2) is 8.14. The summed E-state index contributed by atoms with van der Waals surface area (Å²) in [5, 5.41) is 10.7. The van der Waals surface area contributed by atoms with Crippen LogP contribution in [-0.4, -0.2) is 26.2 Å². The number of benzene rings is 2. The molecule has 1 N–H and O–H groups in total. The van der Waals surface area contributed by atoms with E-state index in [2.05, 4.69) is 25.6 Å². The minimum atomic E-state index is -0.239. The highest BCUT2D eigenvalue weighted by Crippen LogP contribution is 2.24. The van der Waals surface area contributed by atoms with Crippen molar-refractivity contribution in [3.8, 4) is 22.8 Å². The van der Waals surface area contributed by atoms with Crippen molar-refractivity contribution >= 4 is 5.91 Å². The molecule has 0 radical (unpaired) electrons. The number of rotatable bonds is 5. The fraction of sp³-hybridized carbons (Fsp3) is 0.261. The maximum atomic E-state index is 12.5. The highest BCUT2D eigenvalue weighted by molar-refractivity contribution is 5.94. The van der Waals surface area contributed by atoms with Crippen LogP contribution >= 0.6 is 0 Å². The third kappa shape index (κ3) is 4.69. The van der Waals surface area contributed by atoms with E-state index in [1.807, 2.05) is 52.0 Å². The van der Waals surface area contributed by atoms with E-state index in [0.717, 1.165) is 16.7 Å². The molecule has 0 unspecified atom stereocenters.